The van der Waals surface area contributed by atoms with Gasteiger partial charge in [0.2, 0.25) is 0 Å². The second-order valence-corrected chi connectivity index (χ2v) is 11.8. The molecule has 0 saturated carbocycles. The molecule has 5 aromatic rings. The summed E-state index contributed by atoms with van der Waals surface area (Å²) in [6.07, 6.45) is 3.47. The third kappa shape index (κ3) is 6.74. The van der Waals surface area contributed by atoms with E-state index in [-0.39, 0.29) is 12.4 Å². The number of aryl methyl sites for hydroxylation is 2. The number of benzene rings is 3. The second kappa shape index (κ2) is 14.2. The van der Waals surface area contributed by atoms with Gasteiger partial charge in [-0.15, -0.1) is 12.4 Å². The van der Waals surface area contributed by atoms with Crippen LogP contribution in [0.25, 0.3) is 28.2 Å². The molecule has 0 atom stereocenters. The Morgan fingerprint density at radius 1 is 0.750 bits per heavy atom. The normalized spacial score (nSPS) is 14.0. The van der Waals surface area contributed by atoms with Crippen molar-refractivity contribution in [3.8, 4) is 17.1 Å². The molecule has 1 saturated heterocycles. The van der Waals surface area contributed by atoms with Gasteiger partial charge in [-0.1, -0.05) is 60.7 Å². The first kappa shape index (κ1) is 31.5. The van der Waals surface area contributed by atoms with Crippen LogP contribution in [0.5, 0.6) is 0 Å². The van der Waals surface area contributed by atoms with E-state index in [0.717, 1.165) is 85.4 Å². The monoisotopic (exact) mass is 609 g/mol. The maximum Gasteiger partial charge on any atom is 0.170 e. The Bertz CT molecular complexity index is 1670. The lowest BCUT2D eigenvalue weighted by Crippen LogP contribution is -2.32. The van der Waals surface area contributed by atoms with Crippen molar-refractivity contribution in [1.82, 2.24) is 24.4 Å². The summed E-state index contributed by atoms with van der Waals surface area (Å²) in [4.78, 5) is 22.4. The quantitative estimate of drug-likeness (QED) is 0.164. The zero-order valence-electron chi connectivity index (χ0n) is 26.4. The van der Waals surface area contributed by atoms with Gasteiger partial charge >= 0.3 is 0 Å². The highest BCUT2D eigenvalue weighted by Gasteiger charge is 2.22. The van der Waals surface area contributed by atoms with Crippen molar-refractivity contribution in [2.45, 2.75) is 40.0 Å². The summed E-state index contributed by atoms with van der Waals surface area (Å²) in [5.74, 6) is 2.53. The molecule has 6 rings (SSSR count). The molecule has 3 aromatic carbocycles. The molecule has 0 aliphatic carbocycles. The highest BCUT2D eigenvalue weighted by molar-refractivity contribution is 5.88. The van der Waals surface area contributed by atoms with Gasteiger partial charge in [0.05, 0.1) is 0 Å². The summed E-state index contributed by atoms with van der Waals surface area (Å²) in [5, 5.41) is 0. The smallest absolute Gasteiger partial charge is 0.170 e. The Kier molecular flexibility index (Phi) is 10.2. The van der Waals surface area contributed by atoms with Gasteiger partial charge in [0.1, 0.15) is 11.6 Å². The van der Waals surface area contributed by atoms with Crippen LogP contribution in [0.1, 0.15) is 36.2 Å². The molecule has 7 nitrogen and oxygen atoms in total. The number of para-hydroxylation sites is 1. The zero-order chi connectivity index (χ0) is 29.8. The number of fused-ring (bicyclic) bond motifs is 1. The molecule has 230 valence electrons. The van der Waals surface area contributed by atoms with Crippen molar-refractivity contribution in [3.63, 3.8) is 0 Å². The van der Waals surface area contributed by atoms with Crippen LogP contribution in [0.2, 0.25) is 0 Å². The maximum absolute atomic E-state index is 5.16. The minimum atomic E-state index is 0. The van der Waals surface area contributed by atoms with Crippen molar-refractivity contribution in [2.24, 2.45) is 0 Å². The van der Waals surface area contributed by atoms with Crippen LogP contribution in [0.4, 0.5) is 11.5 Å². The van der Waals surface area contributed by atoms with Crippen molar-refractivity contribution in [3.05, 3.63) is 95.8 Å². The van der Waals surface area contributed by atoms with E-state index in [1.165, 1.54) is 29.8 Å². The van der Waals surface area contributed by atoms with E-state index in [0.29, 0.717) is 0 Å². The van der Waals surface area contributed by atoms with E-state index in [2.05, 4.69) is 107 Å². The fourth-order valence-electron chi connectivity index (χ4n) is 6.22. The van der Waals surface area contributed by atoms with Gasteiger partial charge in [-0.05, 0) is 82.4 Å². The van der Waals surface area contributed by atoms with E-state index in [4.69, 9.17) is 15.0 Å². The molecule has 44 heavy (non-hydrogen) atoms. The molecule has 0 bridgehead atoms. The predicted molar refractivity (Wildman–Crippen MR) is 186 cm³/mol. The summed E-state index contributed by atoms with van der Waals surface area (Å²) in [7, 11) is 2.14. The van der Waals surface area contributed by atoms with Crippen molar-refractivity contribution >= 4 is 35.1 Å². The Morgan fingerprint density at radius 2 is 1.50 bits per heavy atom. The highest BCUT2D eigenvalue weighted by atomic mass is 35.5. The maximum atomic E-state index is 5.16. The lowest BCUT2D eigenvalue weighted by molar-refractivity contribution is 0.287. The summed E-state index contributed by atoms with van der Waals surface area (Å²) in [6.45, 7) is 13.0. The first-order chi connectivity index (χ1) is 21.0. The average molecular weight is 610 g/mol. The van der Waals surface area contributed by atoms with Gasteiger partial charge in [-0.2, -0.15) is 0 Å². The molecular formula is C36H44ClN7. The summed E-state index contributed by atoms with van der Waals surface area (Å²) in [5.41, 5.74) is 7.99. The first-order valence-corrected chi connectivity index (χ1v) is 15.6. The van der Waals surface area contributed by atoms with E-state index in [1.54, 1.807) is 0 Å². The van der Waals surface area contributed by atoms with E-state index >= 15 is 0 Å². The van der Waals surface area contributed by atoms with Crippen molar-refractivity contribution < 1.29 is 0 Å². The number of hydrogen-bond donors (Lipinski definition) is 0. The fraction of sp³-hybridized carbons (Fsp3) is 0.361. The fourth-order valence-corrected chi connectivity index (χ4v) is 6.22. The van der Waals surface area contributed by atoms with Crippen LogP contribution in [-0.4, -0.2) is 70.7 Å². The Morgan fingerprint density at radius 3 is 2.27 bits per heavy atom. The number of rotatable bonds is 9. The van der Waals surface area contributed by atoms with E-state index in [9.17, 15) is 0 Å². The standard InChI is InChI=1S/C36H43N7.ClH/c1-27-15-13-20-32(28(27)2)42-24-14-23-41(25-26-42)22-12-11-21-40(4)35-33-36(38-29(3)37-35)43(31-18-9-6-10-19-31)34(39-33)30-16-7-5-8-17-30;/h5-10,13,15-20H,11-12,14,21-26H2,1-4H3;1H. The van der Waals surface area contributed by atoms with Crippen LogP contribution in [0, 0.1) is 20.8 Å². The molecule has 1 aliphatic heterocycles. The molecule has 1 fully saturated rings. The first-order valence-electron chi connectivity index (χ1n) is 15.6. The van der Waals surface area contributed by atoms with Crippen LogP contribution in [0.3, 0.4) is 0 Å². The van der Waals surface area contributed by atoms with Gasteiger partial charge in [0.25, 0.3) is 0 Å². The summed E-state index contributed by atoms with van der Waals surface area (Å²) >= 11 is 0. The minimum absolute atomic E-state index is 0. The highest BCUT2D eigenvalue weighted by Crippen LogP contribution is 2.32. The average Bonchev–Trinajstić information content (AvgIpc) is 3.25. The molecule has 0 spiro atoms. The largest absolute Gasteiger partial charge is 0.370 e. The lowest BCUT2D eigenvalue weighted by Gasteiger charge is -2.26. The molecular weight excluding hydrogens is 566 g/mol. The topological polar surface area (TPSA) is 53.3 Å². The Balaban J connectivity index is 0.00000384. The number of imidazole rings is 1. The van der Waals surface area contributed by atoms with Crippen molar-refractivity contribution in [2.75, 3.05) is 56.1 Å². The van der Waals surface area contributed by atoms with E-state index in [1.807, 2.05) is 19.1 Å². The van der Waals surface area contributed by atoms with Crippen LogP contribution < -0.4 is 9.80 Å². The third-order valence-corrected chi connectivity index (χ3v) is 8.73. The minimum Gasteiger partial charge on any atom is -0.370 e. The lowest BCUT2D eigenvalue weighted by atomic mass is 10.1. The van der Waals surface area contributed by atoms with E-state index < -0.39 is 0 Å². The van der Waals surface area contributed by atoms with Gasteiger partial charge in [0, 0.05) is 50.2 Å². The summed E-state index contributed by atoms with van der Waals surface area (Å²) < 4.78 is 2.16. The summed E-state index contributed by atoms with van der Waals surface area (Å²) in [6, 6.07) is 27.4. The predicted octanol–water partition coefficient (Wildman–Crippen LogP) is 7.26. The molecule has 3 heterocycles. The van der Waals surface area contributed by atoms with Crippen LogP contribution in [0.15, 0.2) is 78.9 Å². The van der Waals surface area contributed by atoms with Crippen LogP contribution in [-0.2, 0) is 0 Å². The van der Waals surface area contributed by atoms with Gasteiger partial charge < -0.3 is 14.7 Å². The molecule has 0 N–H and O–H groups in total. The molecule has 0 unspecified atom stereocenters. The Labute approximate surface area is 268 Å². The van der Waals surface area contributed by atoms with Gasteiger partial charge in [-0.3, -0.25) is 4.57 Å². The van der Waals surface area contributed by atoms with Crippen molar-refractivity contribution in [1.29, 1.82) is 0 Å². The second-order valence-electron chi connectivity index (χ2n) is 11.8. The number of hydrogen-bond acceptors (Lipinski definition) is 6. The number of aromatic nitrogens is 4. The SMILES string of the molecule is Cc1nc(N(C)CCCCN2CCCN(c3cccc(C)c3C)CC2)c2nc(-c3ccccc3)n(-c3ccccc3)c2n1.Cl. The van der Waals surface area contributed by atoms with Gasteiger partial charge in [-0.25, -0.2) is 15.0 Å². The zero-order valence-corrected chi connectivity index (χ0v) is 27.2. The molecule has 0 radical (unpaired) electrons. The van der Waals surface area contributed by atoms with Gasteiger partial charge in [0.15, 0.2) is 17.0 Å². The van der Waals surface area contributed by atoms with Crippen LogP contribution >= 0.6 is 12.4 Å². The number of halogens is 1. The molecule has 1 aliphatic rings. The third-order valence-electron chi connectivity index (χ3n) is 8.73. The number of unbranched alkanes of at least 4 members (excludes halogenated alkanes) is 1. The number of nitrogens with zero attached hydrogens (tertiary/aromatic N) is 7. The molecule has 2 aromatic heterocycles. The number of anilines is 2. The molecule has 8 heteroatoms. The Hall–Kier alpha value is -3.94. The molecule has 0 amide bonds.